The van der Waals surface area contributed by atoms with E-state index in [4.69, 9.17) is 0 Å². The van der Waals surface area contributed by atoms with Gasteiger partial charge in [0.1, 0.15) is 10.6 Å². The van der Waals surface area contributed by atoms with Crippen molar-refractivity contribution in [1.82, 2.24) is 9.55 Å². The first-order chi connectivity index (χ1) is 9.14. The molecular weight excluding hydrogens is 276 g/mol. The minimum atomic E-state index is -3.45. The summed E-state index contributed by atoms with van der Waals surface area (Å²) in [4.78, 5) is 16.7. The van der Waals surface area contributed by atoms with Gasteiger partial charge in [0.25, 0.3) is 0 Å². The number of aromatic nitrogens is 2. The Bertz CT molecular complexity index is 773. The van der Waals surface area contributed by atoms with Gasteiger partial charge in [0.05, 0.1) is 17.5 Å². The number of imidazole rings is 1. The number of Topliss-reactive ketones (excluding diaryl/α,β-unsaturated/α-hetero) is 1. The molecule has 0 atom stereocenters. The third-order valence-electron chi connectivity index (χ3n) is 3.80. The van der Waals surface area contributed by atoms with Crippen LogP contribution < -0.4 is 0 Å². The summed E-state index contributed by atoms with van der Waals surface area (Å²) >= 11 is 0. The normalized spacial score (nSPS) is 12.8. The Morgan fingerprint density at radius 1 is 1.30 bits per heavy atom. The summed E-state index contributed by atoms with van der Waals surface area (Å²) in [5.74, 6) is 0.228. The Kier molecular flexibility index (Phi) is 3.46. The van der Waals surface area contributed by atoms with Crippen LogP contribution >= 0.6 is 0 Å². The Hall–Kier alpha value is -1.69. The molecule has 0 aliphatic rings. The highest BCUT2D eigenvalue weighted by Gasteiger charge is 2.38. The van der Waals surface area contributed by atoms with Gasteiger partial charge in [-0.1, -0.05) is 12.1 Å². The summed E-state index contributed by atoms with van der Waals surface area (Å²) in [5.41, 5.74) is 1.72. The molecule has 1 aromatic heterocycles. The zero-order chi connectivity index (χ0) is 15.1. The van der Waals surface area contributed by atoms with Crippen molar-refractivity contribution in [3.63, 3.8) is 0 Å². The van der Waals surface area contributed by atoms with Gasteiger partial charge in [0, 0.05) is 13.3 Å². The molecule has 0 aliphatic carbocycles. The van der Waals surface area contributed by atoms with Crippen LogP contribution in [0.2, 0.25) is 0 Å². The average molecular weight is 294 g/mol. The molecule has 0 spiro atoms. The predicted octanol–water partition coefficient (Wildman–Crippen LogP) is 1.51. The van der Waals surface area contributed by atoms with Gasteiger partial charge >= 0.3 is 0 Å². The second-order valence-corrected chi connectivity index (χ2v) is 8.02. The average Bonchev–Trinajstić information content (AvgIpc) is 2.65. The van der Waals surface area contributed by atoms with Crippen molar-refractivity contribution in [2.45, 2.75) is 25.0 Å². The molecule has 2 rings (SSSR count). The van der Waals surface area contributed by atoms with E-state index in [1.807, 2.05) is 35.9 Å². The summed E-state index contributed by atoms with van der Waals surface area (Å²) in [6, 6.07) is 7.56. The molecule has 0 fully saturated rings. The van der Waals surface area contributed by atoms with E-state index in [1.165, 1.54) is 13.8 Å². The Morgan fingerprint density at radius 3 is 2.45 bits per heavy atom. The molecule has 5 nitrogen and oxygen atoms in total. The van der Waals surface area contributed by atoms with Crippen LogP contribution in [0.25, 0.3) is 11.0 Å². The van der Waals surface area contributed by atoms with Gasteiger partial charge in [0.2, 0.25) is 0 Å². The first kappa shape index (κ1) is 14.7. The number of carbonyl (C=O) groups excluding carboxylic acids is 1. The second kappa shape index (κ2) is 4.70. The number of para-hydroxylation sites is 2. The van der Waals surface area contributed by atoms with Crippen LogP contribution in [0.3, 0.4) is 0 Å². The van der Waals surface area contributed by atoms with Gasteiger partial charge in [-0.3, -0.25) is 4.79 Å². The molecule has 0 bridgehead atoms. The lowest BCUT2D eigenvalue weighted by molar-refractivity contribution is -0.120. The topological polar surface area (TPSA) is 69.0 Å². The molecule has 2 aromatic rings. The third-order valence-corrected chi connectivity index (χ3v) is 5.88. The molecule has 1 heterocycles. The maximum Gasteiger partial charge on any atom is 0.160 e. The predicted molar refractivity (Wildman–Crippen MR) is 78.3 cm³/mol. The monoisotopic (exact) mass is 294 g/mol. The highest BCUT2D eigenvalue weighted by molar-refractivity contribution is 7.92. The Morgan fingerprint density at radius 2 is 1.90 bits per heavy atom. The largest absolute Gasteiger partial charge is 0.331 e. The molecular formula is C14H18N2O3S. The van der Waals surface area contributed by atoms with Crippen LogP contribution in [0.15, 0.2) is 24.3 Å². The van der Waals surface area contributed by atoms with E-state index in [-0.39, 0.29) is 12.2 Å². The first-order valence-corrected chi connectivity index (χ1v) is 8.17. The van der Waals surface area contributed by atoms with E-state index >= 15 is 0 Å². The van der Waals surface area contributed by atoms with Gasteiger partial charge in [-0.05, 0) is 26.0 Å². The van der Waals surface area contributed by atoms with Crippen molar-refractivity contribution in [2.75, 3.05) is 6.26 Å². The molecule has 20 heavy (non-hydrogen) atoms. The minimum absolute atomic E-state index is 0.00521. The summed E-state index contributed by atoms with van der Waals surface area (Å²) in [5, 5.41) is 0. The van der Waals surface area contributed by atoms with E-state index in [0.29, 0.717) is 5.82 Å². The van der Waals surface area contributed by atoms with Gasteiger partial charge in [-0.25, -0.2) is 13.4 Å². The van der Waals surface area contributed by atoms with Gasteiger partial charge in [0.15, 0.2) is 15.6 Å². The molecule has 0 amide bonds. The molecule has 0 aliphatic heterocycles. The van der Waals surface area contributed by atoms with E-state index in [1.54, 1.807) is 0 Å². The standard InChI is InChI=1S/C14H18N2O3S/c1-14(2,20(4,18)19)12(17)9-13-15-10-7-5-6-8-11(10)16(13)3/h5-8H,9H2,1-4H3. The van der Waals surface area contributed by atoms with Gasteiger partial charge in [-0.15, -0.1) is 0 Å². The van der Waals surface area contributed by atoms with Crippen LogP contribution in [-0.4, -0.2) is 34.8 Å². The number of sulfone groups is 1. The number of hydrogen-bond acceptors (Lipinski definition) is 4. The number of nitrogens with zero attached hydrogens (tertiary/aromatic N) is 2. The van der Waals surface area contributed by atoms with Gasteiger partial charge < -0.3 is 4.57 Å². The summed E-state index contributed by atoms with van der Waals surface area (Å²) < 4.78 is 23.8. The number of carbonyl (C=O) groups is 1. The molecule has 0 saturated heterocycles. The molecule has 0 radical (unpaired) electrons. The third kappa shape index (κ3) is 2.35. The number of fused-ring (bicyclic) bond motifs is 1. The number of aryl methyl sites for hydroxylation is 1. The molecule has 0 unspecified atom stereocenters. The van der Waals surface area contributed by atoms with Crippen molar-refractivity contribution in [3.8, 4) is 0 Å². The van der Waals surface area contributed by atoms with Crippen molar-refractivity contribution < 1.29 is 13.2 Å². The van der Waals surface area contributed by atoms with E-state index in [2.05, 4.69) is 4.98 Å². The van der Waals surface area contributed by atoms with Crippen LogP contribution in [0.1, 0.15) is 19.7 Å². The Balaban J connectivity index is 2.38. The van der Waals surface area contributed by atoms with E-state index in [9.17, 15) is 13.2 Å². The van der Waals surface area contributed by atoms with Crippen molar-refractivity contribution in [3.05, 3.63) is 30.1 Å². The molecule has 1 aromatic carbocycles. The maximum atomic E-state index is 12.3. The van der Waals surface area contributed by atoms with Crippen LogP contribution in [-0.2, 0) is 28.1 Å². The van der Waals surface area contributed by atoms with E-state index < -0.39 is 14.6 Å². The second-order valence-electron chi connectivity index (χ2n) is 5.46. The van der Waals surface area contributed by atoms with E-state index in [0.717, 1.165) is 17.3 Å². The fourth-order valence-electron chi connectivity index (χ4n) is 1.92. The highest BCUT2D eigenvalue weighted by Crippen LogP contribution is 2.21. The van der Waals surface area contributed by atoms with Crippen molar-refractivity contribution in [1.29, 1.82) is 0 Å². The van der Waals surface area contributed by atoms with Crippen LogP contribution in [0.5, 0.6) is 0 Å². The fourth-order valence-corrected chi connectivity index (χ4v) is 2.40. The molecule has 6 heteroatoms. The number of ketones is 1. The summed E-state index contributed by atoms with van der Waals surface area (Å²) in [6.07, 6.45) is 1.09. The smallest absolute Gasteiger partial charge is 0.160 e. The zero-order valence-corrected chi connectivity index (χ0v) is 12.9. The minimum Gasteiger partial charge on any atom is -0.331 e. The molecule has 108 valence electrons. The lowest BCUT2D eigenvalue weighted by Gasteiger charge is -2.20. The number of benzene rings is 1. The fraction of sp³-hybridized carbons (Fsp3) is 0.429. The Labute approximate surface area is 118 Å². The number of hydrogen-bond donors (Lipinski definition) is 0. The number of rotatable bonds is 4. The lowest BCUT2D eigenvalue weighted by atomic mass is 10.1. The summed E-state index contributed by atoms with van der Waals surface area (Å²) in [6.45, 7) is 2.88. The maximum absolute atomic E-state index is 12.3. The SMILES string of the molecule is Cn1c(CC(=O)C(C)(C)S(C)(=O)=O)nc2ccccc21. The molecule has 0 N–H and O–H groups in total. The highest BCUT2D eigenvalue weighted by atomic mass is 32.2. The van der Waals surface area contributed by atoms with Crippen molar-refractivity contribution >= 4 is 26.7 Å². The first-order valence-electron chi connectivity index (χ1n) is 6.28. The van der Waals surface area contributed by atoms with Crippen LogP contribution in [0.4, 0.5) is 0 Å². The lowest BCUT2D eigenvalue weighted by Crippen LogP contribution is -2.41. The zero-order valence-electron chi connectivity index (χ0n) is 12.0. The van der Waals surface area contributed by atoms with Crippen molar-refractivity contribution in [2.24, 2.45) is 7.05 Å². The quantitative estimate of drug-likeness (QED) is 0.857. The van der Waals surface area contributed by atoms with Gasteiger partial charge in [-0.2, -0.15) is 0 Å². The van der Waals surface area contributed by atoms with Crippen LogP contribution in [0, 0.1) is 0 Å². The summed E-state index contributed by atoms with van der Waals surface area (Å²) in [7, 11) is -1.63. The molecule has 0 saturated carbocycles.